The number of nitrogens with zero attached hydrogens (tertiary/aromatic N) is 3. The number of piperidine rings is 1. The molecule has 1 aromatic heterocycles. The van der Waals surface area contributed by atoms with E-state index in [2.05, 4.69) is 9.97 Å². The Labute approximate surface area is 131 Å². The molecule has 2 aliphatic heterocycles. The van der Waals surface area contributed by atoms with Crippen molar-refractivity contribution in [3.63, 3.8) is 0 Å². The number of hydrogen-bond donors (Lipinski definition) is 0. The fraction of sp³-hybridized carbons (Fsp3) is 0.667. The van der Waals surface area contributed by atoms with Gasteiger partial charge in [0.15, 0.2) is 0 Å². The first-order valence-corrected chi connectivity index (χ1v) is 7.73. The maximum absolute atomic E-state index is 11.3. The summed E-state index contributed by atoms with van der Waals surface area (Å²) in [5, 5.41) is 0. The highest BCUT2D eigenvalue weighted by Gasteiger charge is 2.51. The van der Waals surface area contributed by atoms with E-state index in [1.165, 1.54) is 0 Å². The molecule has 7 heteroatoms. The first-order chi connectivity index (χ1) is 10.3. The van der Waals surface area contributed by atoms with E-state index in [0.717, 1.165) is 5.46 Å². The number of Topliss-reactive ketones (excluding diaryl/α,β-unsaturated/α-hetero) is 1. The maximum Gasteiger partial charge on any atom is 0.498 e. The molecule has 1 aromatic rings. The molecule has 0 aliphatic carbocycles. The Balaban J connectivity index is 1.71. The summed E-state index contributed by atoms with van der Waals surface area (Å²) in [4.78, 5) is 22.1. The number of ketones is 1. The van der Waals surface area contributed by atoms with Crippen LogP contribution in [0.5, 0.6) is 0 Å². The van der Waals surface area contributed by atoms with Gasteiger partial charge >= 0.3 is 7.12 Å². The summed E-state index contributed by atoms with van der Waals surface area (Å²) in [7, 11) is -0.443. The highest BCUT2D eigenvalue weighted by Crippen LogP contribution is 2.36. The van der Waals surface area contributed by atoms with Crippen LogP contribution in [0, 0.1) is 0 Å². The Morgan fingerprint density at radius 1 is 1.05 bits per heavy atom. The minimum absolute atomic E-state index is 0.310. The number of anilines is 1. The van der Waals surface area contributed by atoms with Crippen molar-refractivity contribution >= 4 is 24.3 Å². The van der Waals surface area contributed by atoms with Gasteiger partial charge in [0.05, 0.1) is 11.2 Å². The van der Waals surface area contributed by atoms with Gasteiger partial charge in [0, 0.05) is 43.8 Å². The van der Waals surface area contributed by atoms with E-state index in [9.17, 15) is 4.79 Å². The van der Waals surface area contributed by atoms with Crippen LogP contribution in [0.2, 0.25) is 0 Å². The lowest BCUT2D eigenvalue weighted by Gasteiger charge is -2.32. The van der Waals surface area contributed by atoms with Gasteiger partial charge in [-0.3, -0.25) is 4.79 Å². The van der Waals surface area contributed by atoms with Gasteiger partial charge in [0.2, 0.25) is 5.95 Å². The van der Waals surface area contributed by atoms with Crippen LogP contribution < -0.4 is 10.4 Å². The van der Waals surface area contributed by atoms with Crippen molar-refractivity contribution in [1.82, 2.24) is 9.97 Å². The molecule has 3 heterocycles. The molecule has 3 rings (SSSR count). The van der Waals surface area contributed by atoms with Gasteiger partial charge in [-0.1, -0.05) is 0 Å². The quantitative estimate of drug-likeness (QED) is 0.758. The van der Waals surface area contributed by atoms with Crippen molar-refractivity contribution in [2.75, 3.05) is 18.0 Å². The minimum Gasteiger partial charge on any atom is -0.399 e. The molecule has 0 saturated carbocycles. The highest BCUT2D eigenvalue weighted by molar-refractivity contribution is 6.61. The van der Waals surface area contributed by atoms with Crippen LogP contribution in [0.1, 0.15) is 40.5 Å². The number of carbonyl (C=O) groups is 1. The second kappa shape index (κ2) is 5.31. The van der Waals surface area contributed by atoms with E-state index >= 15 is 0 Å². The zero-order valence-electron chi connectivity index (χ0n) is 13.6. The van der Waals surface area contributed by atoms with E-state index in [4.69, 9.17) is 9.31 Å². The third-order valence-corrected chi connectivity index (χ3v) is 4.79. The predicted octanol–water partition coefficient (Wildman–Crippen LogP) is 0.945. The van der Waals surface area contributed by atoms with E-state index in [-0.39, 0.29) is 11.2 Å². The SMILES string of the molecule is CC1(C)OB(c2cnc(N3CCC(=O)CC3)nc2)OC1(C)C. The molecule has 6 nitrogen and oxygen atoms in total. The smallest absolute Gasteiger partial charge is 0.399 e. The zero-order valence-corrected chi connectivity index (χ0v) is 13.6. The van der Waals surface area contributed by atoms with Crippen molar-refractivity contribution in [2.45, 2.75) is 51.7 Å². The monoisotopic (exact) mass is 303 g/mol. The molecule has 0 N–H and O–H groups in total. The summed E-state index contributed by atoms with van der Waals surface area (Å²) in [6.45, 7) is 9.46. The Bertz CT molecular complexity index is 548. The van der Waals surface area contributed by atoms with Crippen molar-refractivity contribution < 1.29 is 14.1 Å². The summed E-state index contributed by atoms with van der Waals surface area (Å²) in [6.07, 6.45) is 4.65. The third kappa shape index (κ3) is 2.75. The molecule has 22 heavy (non-hydrogen) atoms. The summed E-state index contributed by atoms with van der Waals surface area (Å²) in [6, 6.07) is 0. The normalized spacial score (nSPS) is 23.9. The van der Waals surface area contributed by atoms with Crippen molar-refractivity contribution in [3.8, 4) is 0 Å². The molecule has 118 valence electrons. The molecule has 0 radical (unpaired) electrons. The predicted molar refractivity (Wildman–Crippen MR) is 84.2 cm³/mol. The second-order valence-corrected chi connectivity index (χ2v) is 6.93. The molecule has 0 unspecified atom stereocenters. The summed E-state index contributed by atoms with van der Waals surface area (Å²) in [5.74, 6) is 0.970. The van der Waals surface area contributed by atoms with Crippen LogP contribution in [-0.4, -0.2) is 47.2 Å². The van der Waals surface area contributed by atoms with Crippen LogP contribution in [0.25, 0.3) is 0 Å². The van der Waals surface area contributed by atoms with Gasteiger partial charge in [-0.25, -0.2) is 9.97 Å². The molecular formula is C15H22BN3O3. The third-order valence-electron chi connectivity index (χ3n) is 4.79. The topological polar surface area (TPSA) is 64.5 Å². The van der Waals surface area contributed by atoms with Crippen LogP contribution in [0.3, 0.4) is 0 Å². The molecule has 2 aliphatic rings. The van der Waals surface area contributed by atoms with Crippen molar-refractivity contribution in [1.29, 1.82) is 0 Å². The summed E-state index contributed by atoms with van der Waals surface area (Å²) in [5.41, 5.74) is 0.0723. The van der Waals surface area contributed by atoms with Gasteiger partial charge in [0.25, 0.3) is 0 Å². The molecule has 0 bridgehead atoms. The fourth-order valence-corrected chi connectivity index (χ4v) is 2.55. The second-order valence-electron chi connectivity index (χ2n) is 6.93. The van der Waals surface area contributed by atoms with E-state index in [0.29, 0.717) is 37.7 Å². The first kappa shape index (κ1) is 15.4. The molecule has 0 spiro atoms. The molecule has 0 atom stereocenters. The Morgan fingerprint density at radius 3 is 2.05 bits per heavy atom. The number of hydrogen-bond acceptors (Lipinski definition) is 6. The van der Waals surface area contributed by atoms with Crippen LogP contribution in [-0.2, 0) is 14.1 Å². The molecule has 2 fully saturated rings. The highest BCUT2D eigenvalue weighted by atomic mass is 16.7. The fourth-order valence-electron chi connectivity index (χ4n) is 2.55. The lowest BCUT2D eigenvalue weighted by molar-refractivity contribution is -0.119. The van der Waals surface area contributed by atoms with Gasteiger partial charge in [-0.05, 0) is 27.7 Å². The minimum atomic E-state index is -0.443. The zero-order chi connectivity index (χ0) is 16.0. The largest absolute Gasteiger partial charge is 0.498 e. The molecular weight excluding hydrogens is 281 g/mol. The van der Waals surface area contributed by atoms with Crippen LogP contribution in [0.15, 0.2) is 12.4 Å². The first-order valence-electron chi connectivity index (χ1n) is 7.73. The Hall–Kier alpha value is -1.47. The van der Waals surface area contributed by atoms with Gasteiger partial charge < -0.3 is 14.2 Å². The number of aromatic nitrogens is 2. The maximum atomic E-state index is 11.3. The lowest BCUT2D eigenvalue weighted by atomic mass is 9.81. The van der Waals surface area contributed by atoms with Crippen LogP contribution in [0.4, 0.5) is 5.95 Å². The molecule has 0 amide bonds. The summed E-state index contributed by atoms with van der Waals surface area (Å²) >= 11 is 0. The van der Waals surface area contributed by atoms with Gasteiger partial charge in [0.1, 0.15) is 5.78 Å². The Morgan fingerprint density at radius 2 is 1.55 bits per heavy atom. The standard InChI is InChI=1S/C15H22BN3O3/c1-14(2)15(3,4)22-16(21-14)11-9-17-13(18-10-11)19-7-5-12(20)6-8-19/h9-10H,5-8H2,1-4H3. The van der Waals surface area contributed by atoms with Gasteiger partial charge in [-0.15, -0.1) is 0 Å². The van der Waals surface area contributed by atoms with E-state index in [1.807, 2.05) is 32.6 Å². The van der Waals surface area contributed by atoms with E-state index < -0.39 is 7.12 Å². The lowest BCUT2D eigenvalue weighted by Crippen LogP contribution is -2.41. The van der Waals surface area contributed by atoms with Gasteiger partial charge in [-0.2, -0.15) is 0 Å². The molecule has 2 saturated heterocycles. The molecule has 0 aromatic carbocycles. The number of rotatable bonds is 2. The van der Waals surface area contributed by atoms with Crippen LogP contribution >= 0.6 is 0 Å². The average molecular weight is 303 g/mol. The number of carbonyl (C=O) groups excluding carboxylic acids is 1. The summed E-state index contributed by atoms with van der Waals surface area (Å²) < 4.78 is 12.0. The Kier molecular flexibility index (Phi) is 3.73. The van der Waals surface area contributed by atoms with Crippen molar-refractivity contribution in [3.05, 3.63) is 12.4 Å². The van der Waals surface area contributed by atoms with E-state index in [1.54, 1.807) is 12.4 Å². The van der Waals surface area contributed by atoms with Crippen molar-refractivity contribution in [2.24, 2.45) is 0 Å². The average Bonchev–Trinajstić information content (AvgIpc) is 2.68.